The van der Waals surface area contributed by atoms with Crippen LogP contribution in [0.25, 0.3) is 0 Å². The van der Waals surface area contributed by atoms with Crippen LogP contribution in [0, 0.1) is 5.92 Å². The number of nitrogens with zero attached hydrogens (tertiary/aromatic N) is 2. The van der Waals surface area contributed by atoms with Crippen LogP contribution in [0.15, 0.2) is 5.16 Å². The first-order valence-electron chi connectivity index (χ1n) is 5.71. The molecule has 0 heterocycles. The van der Waals surface area contributed by atoms with E-state index in [1.165, 1.54) is 12.8 Å². The summed E-state index contributed by atoms with van der Waals surface area (Å²) >= 11 is 0. The monoisotopic (exact) mass is 215 g/mol. The third-order valence-electron chi connectivity index (χ3n) is 3.09. The van der Waals surface area contributed by atoms with E-state index < -0.39 is 0 Å². The van der Waals surface area contributed by atoms with Gasteiger partial charge in [-0.25, -0.2) is 0 Å². The minimum Gasteiger partial charge on any atom is -0.409 e. The highest BCUT2D eigenvalue weighted by molar-refractivity contribution is 5.80. The molecule has 0 aromatic rings. The minimum absolute atomic E-state index is 0.305. The Morgan fingerprint density at radius 2 is 1.93 bits per heavy atom. The van der Waals surface area contributed by atoms with E-state index in [9.17, 15) is 0 Å². The van der Waals surface area contributed by atoms with Gasteiger partial charge in [0.15, 0.2) is 0 Å². The van der Waals surface area contributed by atoms with Crippen molar-refractivity contribution in [2.45, 2.75) is 46.1 Å². The van der Waals surface area contributed by atoms with Crippen molar-refractivity contribution in [3.05, 3.63) is 0 Å². The summed E-state index contributed by atoms with van der Waals surface area (Å²) in [7, 11) is 2.09. The summed E-state index contributed by atoms with van der Waals surface area (Å²) in [5.74, 6) is 1.05. The van der Waals surface area contributed by atoms with Crippen LogP contribution in [0.4, 0.5) is 0 Å². The predicted molar refractivity (Wildman–Crippen MR) is 64.2 cm³/mol. The molecule has 0 aromatic carbocycles. The zero-order chi connectivity index (χ0) is 11.8. The molecular weight excluding hydrogens is 190 g/mol. The average molecular weight is 215 g/mol. The minimum atomic E-state index is 0.305. The van der Waals surface area contributed by atoms with E-state index in [1.54, 1.807) is 0 Å². The first kappa shape index (κ1) is 14.2. The van der Waals surface area contributed by atoms with Crippen molar-refractivity contribution in [2.24, 2.45) is 16.8 Å². The highest BCUT2D eigenvalue weighted by Gasteiger charge is 2.14. The molecule has 4 nitrogen and oxygen atoms in total. The van der Waals surface area contributed by atoms with Gasteiger partial charge in [-0.2, -0.15) is 0 Å². The molecule has 0 amide bonds. The molecule has 0 aromatic heterocycles. The van der Waals surface area contributed by atoms with Crippen LogP contribution in [-0.2, 0) is 0 Å². The molecule has 3 N–H and O–H groups in total. The summed E-state index contributed by atoms with van der Waals surface area (Å²) in [6.07, 6.45) is 3.03. The van der Waals surface area contributed by atoms with Gasteiger partial charge < -0.3 is 15.8 Å². The van der Waals surface area contributed by atoms with Crippen LogP contribution in [0.3, 0.4) is 0 Å². The van der Waals surface area contributed by atoms with E-state index >= 15 is 0 Å². The van der Waals surface area contributed by atoms with Crippen molar-refractivity contribution in [1.82, 2.24) is 4.90 Å². The van der Waals surface area contributed by atoms with Crippen molar-refractivity contribution < 1.29 is 5.21 Å². The van der Waals surface area contributed by atoms with Gasteiger partial charge in [-0.1, -0.05) is 31.8 Å². The summed E-state index contributed by atoms with van der Waals surface area (Å²) in [5.41, 5.74) is 5.48. The number of oxime groups is 1. The topological polar surface area (TPSA) is 61.8 Å². The van der Waals surface area contributed by atoms with E-state index in [0.717, 1.165) is 12.5 Å². The Morgan fingerprint density at radius 3 is 2.33 bits per heavy atom. The summed E-state index contributed by atoms with van der Waals surface area (Å²) in [6, 6.07) is 0.321. The predicted octanol–water partition coefficient (Wildman–Crippen LogP) is 1.88. The van der Waals surface area contributed by atoms with Gasteiger partial charge >= 0.3 is 0 Å². The SMILES string of the molecule is CCC(CC)CN(C)C(C)CC(N)=NO. The molecule has 0 bridgehead atoms. The molecule has 0 aliphatic heterocycles. The summed E-state index contributed by atoms with van der Waals surface area (Å²) < 4.78 is 0. The fourth-order valence-corrected chi connectivity index (χ4v) is 1.63. The van der Waals surface area contributed by atoms with Crippen molar-refractivity contribution in [3.63, 3.8) is 0 Å². The Balaban J connectivity index is 4.02. The molecule has 1 atom stereocenters. The Morgan fingerprint density at radius 1 is 1.40 bits per heavy atom. The Labute approximate surface area is 93.1 Å². The highest BCUT2D eigenvalue weighted by atomic mass is 16.4. The molecule has 90 valence electrons. The summed E-state index contributed by atoms with van der Waals surface area (Å²) in [4.78, 5) is 2.27. The van der Waals surface area contributed by atoms with Gasteiger partial charge in [0, 0.05) is 19.0 Å². The van der Waals surface area contributed by atoms with Crippen LogP contribution in [0.2, 0.25) is 0 Å². The standard InChI is InChI=1S/C11H25N3O/c1-5-10(6-2)8-14(4)9(3)7-11(12)13-15/h9-10,15H,5-8H2,1-4H3,(H2,12,13). The molecule has 0 saturated heterocycles. The van der Waals surface area contributed by atoms with E-state index in [0.29, 0.717) is 18.3 Å². The van der Waals surface area contributed by atoms with Crippen LogP contribution < -0.4 is 5.73 Å². The second-order valence-corrected chi connectivity index (χ2v) is 4.27. The lowest BCUT2D eigenvalue weighted by molar-refractivity contribution is 0.214. The molecule has 0 radical (unpaired) electrons. The molecule has 4 heteroatoms. The Hall–Kier alpha value is -0.770. The molecule has 0 rings (SSSR count). The number of rotatable bonds is 7. The highest BCUT2D eigenvalue weighted by Crippen LogP contribution is 2.11. The molecule has 1 unspecified atom stereocenters. The van der Waals surface area contributed by atoms with Gasteiger partial charge in [0.05, 0.1) is 0 Å². The van der Waals surface area contributed by atoms with E-state index in [2.05, 4.69) is 37.9 Å². The Kier molecular flexibility index (Phi) is 7.13. The number of amidine groups is 1. The van der Waals surface area contributed by atoms with Gasteiger partial charge in [-0.05, 0) is 19.9 Å². The maximum Gasteiger partial charge on any atom is 0.140 e. The van der Waals surface area contributed by atoms with Gasteiger partial charge in [0.2, 0.25) is 0 Å². The lowest BCUT2D eigenvalue weighted by Gasteiger charge is -2.27. The smallest absolute Gasteiger partial charge is 0.140 e. The molecule has 15 heavy (non-hydrogen) atoms. The molecule has 0 spiro atoms. The van der Waals surface area contributed by atoms with Crippen LogP contribution in [0.1, 0.15) is 40.0 Å². The second-order valence-electron chi connectivity index (χ2n) is 4.27. The number of hydrogen-bond acceptors (Lipinski definition) is 3. The number of hydrogen-bond donors (Lipinski definition) is 2. The quantitative estimate of drug-likeness (QED) is 0.295. The lowest BCUT2D eigenvalue weighted by Crippen LogP contribution is -2.36. The van der Waals surface area contributed by atoms with Crippen LogP contribution in [-0.4, -0.2) is 35.6 Å². The second kappa shape index (κ2) is 7.51. The fraction of sp³-hybridized carbons (Fsp3) is 0.909. The number of nitrogens with two attached hydrogens (primary N) is 1. The van der Waals surface area contributed by atoms with Crippen LogP contribution in [0.5, 0.6) is 0 Å². The van der Waals surface area contributed by atoms with E-state index in [4.69, 9.17) is 10.9 Å². The van der Waals surface area contributed by atoms with Gasteiger partial charge in [-0.15, -0.1) is 0 Å². The Bertz CT molecular complexity index is 190. The summed E-state index contributed by atoms with van der Waals surface area (Å²) in [6.45, 7) is 7.61. The first-order valence-corrected chi connectivity index (χ1v) is 5.71. The van der Waals surface area contributed by atoms with Gasteiger partial charge in [0.1, 0.15) is 5.84 Å². The zero-order valence-corrected chi connectivity index (χ0v) is 10.4. The van der Waals surface area contributed by atoms with Gasteiger partial charge in [-0.3, -0.25) is 0 Å². The molecule has 0 fully saturated rings. The van der Waals surface area contributed by atoms with Crippen molar-refractivity contribution in [2.75, 3.05) is 13.6 Å². The molecule has 0 saturated carbocycles. The zero-order valence-electron chi connectivity index (χ0n) is 10.4. The lowest BCUT2D eigenvalue weighted by atomic mass is 10.0. The molecule has 0 aliphatic carbocycles. The van der Waals surface area contributed by atoms with Crippen molar-refractivity contribution in [1.29, 1.82) is 0 Å². The van der Waals surface area contributed by atoms with Crippen molar-refractivity contribution >= 4 is 5.84 Å². The van der Waals surface area contributed by atoms with Crippen LogP contribution >= 0.6 is 0 Å². The normalized spacial score (nSPS) is 14.9. The third kappa shape index (κ3) is 5.62. The van der Waals surface area contributed by atoms with Crippen molar-refractivity contribution in [3.8, 4) is 0 Å². The fourth-order valence-electron chi connectivity index (χ4n) is 1.63. The first-order chi connectivity index (χ1) is 7.04. The maximum absolute atomic E-state index is 8.48. The van der Waals surface area contributed by atoms with E-state index in [1.807, 2.05) is 0 Å². The molecular formula is C11H25N3O. The largest absolute Gasteiger partial charge is 0.409 e. The third-order valence-corrected chi connectivity index (χ3v) is 3.09. The van der Waals surface area contributed by atoms with E-state index in [-0.39, 0.29) is 0 Å². The summed E-state index contributed by atoms with van der Waals surface area (Å²) in [5, 5.41) is 11.5. The average Bonchev–Trinajstić information content (AvgIpc) is 2.24. The maximum atomic E-state index is 8.48. The molecule has 0 aliphatic rings. The van der Waals surface area contributed by atoms with Gasteiger partial charge in [0.25, 0.3) is 0 Å².